The van der Waals surface area contributed by atoms with Gasteiger partial charge in [0, 0.05) is 18.0 Å². The number of hydrogen-bond donors (Lipinski definition) is 4. The minimum atomic E-state index is -0.674. The first kappa shape index (κ1) is 18.6. The van der Waals surface area contributed by atoms with Crippen LogP contribution in [0.3, 0.4) is 0 Å². The lowest BCUT2D eigenvalue weighted by molar-refractivity contribution is -0.186. The molecule has 5 N–H and O–H groups in total. The van der Waals surface area contributed by atoms with Crippen LogP contribution < -0.4 is 11.1 Å². The molecule has 3 heterocycles. The Labute approximate surface area is 158 Å². The molecule has 8 nitrogen and oxygen atoms in total. The van der Waals surface area contributed by atoms with E-state index in [1.54, 1.807) is 12.1 Å². The Morgan fingerprint density at radius 1 is 1.30 bits per heavy atom. The molecule has 3 fully saturated rings. The molecule has 3 saturated heterocycles. The number of amides is 1. The average Bonchev–Trinajstić information content (AvgIpc) is 3.08. The molecule has 1 aromatic carbocycles. The number of aliphatic hydroxyl groups excluding tert-OH is 1. The Balaban J connectivity index is 1.43. The van der Waals surface area contributed by atoms with E-state index in [1.165, 1.54) is 0 Å². The van der Waals surface area contributed by atoms with Gasteiger partial charge in [0.15, 0.2) is 6.29 Å². The molecule has 0 spiro atoms. The molecule has 0 unspecified atom stereocenters. The number of hydrogen-bond acceptors (Lipinski definition) is 7. The summed E-state index contributed by atoms with van der Waals surface area (Å²) < 4.78 is 11.8. The van der Waals surface area contributed by atoms with Gasteiger partial charge in [0.25, 0.3) is 0 Å². The summed E-state index contributed by atoms with van der Waals surface area (Å²) in [5, 5.41) is 24.4. The van der Waals surface area contributed by atoms with Crippen molar-refractivity contribution in [1.82, 2.24) is 10.2 Å². The van der Waals surface area contributed by atoms with E-state index in [0.717, 1.165) is 5.56 Å². The maximum atomic E-state index is 11.4. The maximum absolute atomic E-state index is 11.4. The number of phenols is 1. The lowest BCUT2D eigenvalue weighted by Gasteiger charge is -2.46. The van der Waals surface area contributed by atoms with Crippen molar-refractivity contribution in [3.05, 3.63) is 29.8 Å². The quantitative estimate of drug-likeness (QED) is 0.548. The molecule has 5 atom stereocenters. The zero-order valence-electron chi connectivity index (χ0n) is 15.2. The molecule has 0 aliphatic carbocycles. The largest absolute Gasteiger partial charge is 0.508 e. The number of carbonyl (C=O) groups excluding carboxylic acids is 1. The van der Waals surface area contributed by atoms with Gasteiger partial charge >= 0.3 is 0 Å². The lowest BCUT2D eigenvalue weighted by Crippen LogP contribution is -2.65. The number of ether oxygens (including phenoxy) is 2. The van der Waals surface area contributed by atoms with Crippen molar-refractivity contribution >= 4 is 5.91 Å². The number of fused-ring (bicyclic) bond motifs is 2. The van der Waals surface area contributed by atoms with Crippen LogP contribution in [0.5, 0.6) is 5.75 Å². The number of rotatable bonds is 5. The van der Waals surface area contributed by atoms with Crippen LogP contribution >= 0.6 is 0 Å². The molecule has 8 heteroatoms. The van der Waals surface area contributed by atoms with Gasteiger partial charge in [-0.2, -0.15) is 0 Å². The van der Waals surface area contributed by atoms with E-state index in [0.29, 0.717) is 39.1 Å². The second-order valence-electron chi connectivity index (χ2n) is 7.61. The topological polar surface area (TPSA) is 117 Å². The predicted molar refractivity (Wildman–Crippen MR) is 96.6 cm³/mol. The molecule has 3 aliphatic heterocycles. The maximum Gasteiger partial charge on any atom is 0.220 e. The first-order valence-corrected chi connectivity index (χ1v) is 9.53. The summed E-state index contributed by atoms with van der Waals surface area (Å²) >= 11 is 0. The third-order valence-corrected chi connectivity index (χ3v) is 6.00. The fourth-order valence-corrected chi connectivity index (χ4v) is 4.41. The number of aliphatic hydroxyl groups is 1. The van der Waals surface area contributed by atoms with Crippen LogP contribution in [0.2, 0.25) is 0 Å². The van der Waals surface area contributed by atoms with Gasteiger partial charge in [-0.15, -0.1) is 0 Å². The number of nitrogens with one attached hydrogen (secondary N) is 1. The van der Waals surface area contributed by atoms with Gasteiger partial charge in [0.05, 0.1) is 24.8 Å². The van der Waals surface area contributed by atoms with Crippen LogP contribution in [0, 0.1) is 5.92 Å². The molecule has 3 aliphatic rings. The van der Waals surface area contributed by atoms with E-state index in [-0.39, 0.29) is 35.8 Å². The number of benzene rings is 1. The summed E-state index contributed by atoms with van der Waals surface area (Å²) in [6, 6.07) is 6.54. The predicted octanol–water partition coefficient (Wildman–Crippen LogP) is -0.468. The minimum Gasteiger partial charge on any atom is -0.508 e. The highest BCUT2D eigenvalue weighted by Crippen LogP contribution is 2.33. The van der Waals surface area contributed by atoms with Crippen molar-refractivity contribution in [3.8, 4) is 5.75 Å². The molecule has 1 aromatic rings. The Morgan fingerprint density at radius 3 is 2.74 bits per heavy atom. The smallest absolute Gasteiger partial charge is 0.220 e. The zero-order chi connectivity index (χ0) is 19.0. The molecule has 27 heavy (non-hydrogen) atoms. The number of carbonyl (C=O) groups is 1. The van der Waals surface area contributed by atoms with Gasteiger partial charge in [-0.3, -0.25) is 9.69 Å². The van der Waals surface area contributed by atoms with Crippen LogP contribution in [0.25, 0.3) is 0 Å². The Bertz CT molecular complexity index is 679. The average molecular weight is 377 g/mol. The summed E-state index contributed by atoms with van der Waals surface area (Å²) in [7, 11) is 0. The lowest BCUT2D eigenvalue weighted by atomic mass is 9.90. The monoisotopic (exact) mass is 377 g/mol. The number of aromatic hydroxyl groups is 1. The number of primary amides is 1. The van der Waals surface area contributed by atoms with E-state index < -0.39 is 12.4 Å². The number of nitrogens with zero attached hydrogens (tertiary/aromatic N) is 1. The van der Waals surface area contributed by atoms with Gasteiger partial charge in [-0.1, -0.05) is 18.2 Å². The fraction of sp³-hybridized carbons (Fsp3) is 0.632. The number of likely N-dealkylation sites (tertiary alicyclic amines) is 1. The molecule has 0 saturated carbocycles. The van der Waals surface area contributed by atoms with E-state index in [4.69, 9.17) is 15.2 Å². The van der Waals surface area contributed by atoms with Crippen molar-refractivity contribution in [2.75, 3.05) is 19.7 Å². The van der Waals surface area contributed by atoms with Gasteiger partial charge in [0.1, 0.15) is 11.9 Å². The molecule has 0 radical (unpaired) electrons. The van der Waals surface area contributed by atoms with Crippen molar-refractivity contribution in [1.29, 1.82) is 0 Å². The minimum absolute atomic E-state index is 0.102. The summed E-state index contributed by atoms with van der Waals surface area (Å²) in [5.41, 5.74) is 6.19. The molecule has 2 bridgehead atoms. The SMILES string of the molecule is NC(=O)C1CCN([C@H]2[C@@H]3OC[C@@H](O3)[C@@H](NCc3ccccc3O)[C@@H]2O)CC1. The summed E-state index contributed by atoms with van der Waals surface area (Å²) in [6.07, 6.45) is 0.0100. The summed E-state index contributed by atoms with van der Waals surface area (Å²) in [5.74, 6) is -0.133. The zero-order valence-corrected chi connectivity index (χ0v) is 15.2. The van der Waals surface area contributed by atoms with Gasteiger partial charge < -0.3 is 30.7 Å². The van der Waals surface area contributed by atoms with E-state index in [1.807, 2.05) is 12.1 Å². The number of nitrogens with two attached hydrogens (primary N) is 1. The Morgan fingerprint density at radius 2 is 2.04 bits per heavy atom. The molecular formula is C19H27N3O5. The standard InChI is InChI=1S/C19H27N3O5/c20-18(25)11-5-7-22(8-6-11)16-17(24)15(14-10-26-19(16)27-14)21-9-12-3-1-2-4-13(12)23/h1-4,11,14-17,19,21,23-24H,5-10H2,(H2,20,25)/t14-,15-,16-,17+,19-/m1/s1. The van der Waals surface area contributed by atoms with Crippen molar-refractivity contribution < 1.29 is 24.5 Å². The van der Waals surface area contributed by atoms with E-state index in [9.17, 15) is 15.0 Å². The van der Waals surface area contributed by atoms with E-state index >= 15 is 0 Å². The van der Waals surface area contributed by atoms with Gasteiger partial charge in [-0.25, -0.2) is 0 Å². The number of phenolic OH excluding ortho intramolecular Hbond substituents is 1. The van der Waals surface area contributed by atoms with Crippen LogP contribution in [0.1, 0.15) is 18.4 Å². The Hall–Kier alpha value is -1.71. The first-order chi connectivity index (χ1) is 13.0. The van der Waals surface area contributed by atoms with Crippen molar-refractivity contribution in [2.45, 2.75) is 50.0 Å². The van der Waals surface area contributed by atoms with Crippen molar-refractivity contribution in [2.24, 2.45) is 11.7 Å². The van der Waals surface area contributed by atoms with E-state index in [2.05, 4.69) is 10.2 Å². The first-order valence-electron chi connectivity index (χ1n) is 9.53. The van der Waals surface area contributed by atoms with Crippen LogP contribution in [0.15, 0.2) is 24.3 Å². The highest BCUT2D eigenvalue weighted by Gasteiger charge is 2.52. The van der Waals surface area contributed by atoms with Crippen molar-refractivity contribution in [3.63, 3.8) is 0 Å². The Kier molecular flexibility index (Phi) is 5.34. The molecule has 4 rings (SSSR count). The van der Waals surface area contributed by atoms with Gasteiger partial charge in [-0.05, 0) is 32.0 Å². The highest BCUT2D eigenvalue weighted by atomic mass is 16.7. The van der Waals surface area contributed by atoms with Crippen LogP contribution in [-0.2, 0) is 20.8 Å². The van der Waals surface area contributed by atoms with Gasteiger partial charge in [0.2, 0.25) is 5.91 Å². The molecule has 148 valence electrons. The van der Waals surface area contributed by atoms with Crippen LogP contribution in [0.4, 0.5) is 0 Å². The summed E-state index contributed by atoms with van der Waals surface area (Å²) in [6.45, 7) is 2.20. The molecule has 1 amide bonds. The van der Waals surface area contributed by atoms with Crippen LogP contribution in [-0.4, -0.2) is 71.3 Å². The number of para-hydroxylation sites is 1. The fourth-order valence-electron chi connectivity index (χ4n) is 4.41. The molecule has 0 aromatic heterocycles. The number of piperidine rings is 1. The second-order valence-corrected chi connectivity index (χ2v) is 7.61. The summed E-state index contributed by atoms with van der Waals surface area (Å²) in [4.78, 5) is 13.5. The second kappa shape index (κ2) is 7.73. The third kappa shape index (κ3) is 3.68. The highest BCUT2D eigenvalue weighted by molar-refractivity contribution is 5.76. The normalized spacial score (nSPS) is 34.6. The third-order valence-electron chi connectivity index (χ3n) is 6.00. The molecular weight excluding hydrogens is 350 g/mol.